The number of amides is 2. The summed E-state index contributed by atoms with van der Waals surface area (Å²) in [5.74, 6) is -0.154. The Morgan fingerprint density at radius 1 is 1.25 bits per heavy atom. The molecule has 1 unspecified atom stereocenters. The Morgan fingerprint density at radius 3 is 2.50 bits per heavy atom. The Morgan fingerprint density at radius 2 is 1.91 bits per heavy atom. The number of nitrogens with zero attached hydrogens (tertiary/aromatic N) is 2. The molecule has 0 spiro atoms. The minimum absolute atomic E-state index is 0.00732. The zero-order valence-electron chi connectivity index (χ0n) is 17.0. The van der Waals surface area contributed by atoms with Gasteiger partial charge in [-0.2, -0.15) is 8.42 Å². The molecule has 1 saturated heterocycles. The lowest BCUT2D eigenvalue weighted by Crippen LogP contribution is -2.33. The number of hydrogen-bond donors (Lipinski definition) is 1. The summed E-state index contributed by atoms with van der Waals surface area (Å²) in [6.45, 7) is 3.67. The third-order valence-electron chi connectivity index (χ3n) is 4.39. The summed E-state index contributed by atoms with van der Waals surface area (Å²) >= 11 is 6.74. The van der Waals surface area contributed by atoms with E-state index >= 15 is 0 Å². The van der Waals surface area contributed by atoms with Crippen molar-refractivity contribution in [1.82, 2.24) is 4.90 Å². The van der Waals surface area contributed by atoms with Gasteiger partial charge in [-0.3, -0.25) is 14.5 Å². The number of thioether (sulfide) groups is 1. The number of hydrogen-bond acceptors (Lipinski definition) is 6. The Labute approximate surface area is 195 Å². The topological polar surface area (TPSA) is 105 Å². The number of rotatable bonds is 8. The largest absolute Gasteiger partial charge is 0.497 e. The molecule has 168 valence electrons. The van der Waals surface area contributed by atoms with Gasteiger partial charge in [-0.15, -0.1) is 11.0 Å². The quantitative estimate of drug-likeness (QED) is 0.564. The summed E-state index contributed by atoms with van der Waals surface area (Å²) < 4.78 is 34.3. The van der Waals surface area contributed by atoms with Gasteiger partial charge in [-0.25, -0.2) is 0 Å². The highest BCUT2D eigenvalue weighted by Gasteiger charge is 2.39. The average Bonchev–Trinajstić information content (AvgIpc) is 3.03. The Kier molecular flexibility index (Phi) is 7.60. The van der Waals surface area contributed by atoms with Crippen LogP contribution in [0.3, 0.4) is 0 Å². The number of benzene rings is 2. The SMILES string of the molecule is C=CCN1C(=O)C(CC(=O)Nc2ccc(OC)cc2)SC1=NS(=O)(=O)c1ccc(Cl)cc1. The van der Waals surface area contributed by atoms with Gasteiger partial charge < -0.3 is 10.1 Å². The van der Waals surface area contributed by atoms with Crippen LogP contribution in [-0.4, -0.2) is 49.2 Å². The fourth-order valence-corrected chi connectivity index (χ4v) is 5.31. The van der Waals surface area contributed by atoms with E-state index < -0.39 is 21.2 Å². The maximum absolute atomic E-state index is 12.8. The van der Waals surface area contributed by atoms with Crippen molar-refractivity contribution in [3.8, 4) is 5.75 Å². The number of nitrogens with one attached hydrogen (secondary N) is 1. The first-order valence-corrected chi connectivity index (χ1v) is 12.1. The lowest BCUT2D eigenvalue weighted by atomic mass is 10.2. The molecule has 1 N–H and O–H groups in total. The van der Waals surface area contributed by atoms with E-state index in [0.29, 0.717) is 16.5 Å². The second-order valence-corrected chi connectivity index (χ2v) is 9.84. The Hall–Kier alpha value is -2.82. The van der Waals surface area contributed by atoms with Crippen molar-refractivity contribution in [3.63, 3.8) is 0 Å². The van der Waals surface area contributed by atoms with Gasteiger partial charge in [0.2, 0.25) is 11.8 Å². The Bertz CT molecular complexity index is 1150. The average molecular weight is 494 g/mol. The zero-order chi connectivity index (χ0) is 23.3. The van der Waals surface area contributed by atoms with Crippen LogP contribution in [0.2, 0.25) is 5.02 Å². The summed E-state index contributed by atoms with van der Waals surface area (Å²) in [6, 6.07) is 12.3. The van der Waals surface area contributed by atoms with Crippen LogP contribution in [0.25, 0.3) is 0 Å². The lowest BCUT2D eigenvalue weighted by molar-refractivity contribution is -0.127. The van der Waals surface area contributed by atoms with Crippen molar-refractivity contribution in [1.29, 1.82) is 0 Å². The van der Waals surface area contributed by atoms with Crippen LogP contribution >= 0.6 is 23.4 Å². The van der Waals surface area contributed by atoms with Crippen molar-refractivity contribution in [3.05, 3.63) is 66.2 Å². The van der Waals surface area contributed by atoms with Crippen LogP contribution in [0, 0.1) is 0 Å². The molecular formula is C21H20ClN3O5S2. The highest BCUT2D eigenvalue weighted by Crippen LogP contribution is 2.31. The van der Waals surface area contributed by atoms with Crippen molar-refractivity contribution < 1.29 is 22.7 Å². The number of anilines is 1. The number of methoxy groups -OCH3 is 1. The van der Waals surface area contributed by atoms with Gasteiger partial charge in [-0.05, 0) is 48.5 Å². The molecule has 1 aliphatic heterocycles. The molecule has 32 heavy (non-hydrogen) atoms. The number of halogens is 1. The van der Waals surface area contributed by atoms with Gasteiger partial charge in [0, 0.05) is 23.7 Å². The van der Waals surface area contributed by atoms with Gasteiger partial charge in [0.15, 0.2) is 5.17 Å². The molecule has 0 radical (unpaired) electrons. The highest BCUT2D eigenvalue weighted by molar-refractivity contribution is 8.16. The second kappa shape index (κ2) is 10.2. The van der Waals surface area contributed by atoms with Crippen LogP contribution in [0.4, 0.5) is 5.69 Å². The molecule has 0 aliphatic carbocycles. The van der Waals surface area contributed by atoms with Gasteiger partial charge >= 0.3 is 0 Å². The van der Waals surface area contributed by atoms with Crippen molar-refractivity contribution in [2.75, 3.05) is 19.0 Å². The monoisotopic (exact) mass is 493 g/mol. The summed E-state index contributed by atoms with van der Waals surface area (Å²) in [5.41, 5.74) is 0.549. The maximum atomic E-state index is 12.8. The Balaban J connectivity index is 1.76. The fraction of sp³-hybridized carbons (Fsp3) is 0.190. The van der Waals surface area contributed by atoms with Crippen LogP contribution in [0.1, 0.15) is 6.42 Å². The molecule has 3 rings (SSSR count). The van der Waals surface area contributed by atoms with Gasteiger partial charge in [-0.1, -0.05) is 29.4 Å². The molecule has 0 saturated carbocycles. The van der Waals surface area contributed by atoms with Crippen molar-refractivity contribution in [2.45, 2.75) is 16.6 Å². The lowest BCUT2D eigenvalue weighted by Gasteiger charge is -2.13. The van der Waals surface area contributed by atoms with Gasteiger partial charge in [0.05, 0.1) is 12.0 Å². The van der Waals surface area contributed by atoms with E-state index in [1.165, 1.54) is 42.4 Å². The number of amidine groups is 1. The van der Waals surface area contributed by atoms with Crippen LogP contribution in [0.5, 0.6) is 5.75 Å². The molecule has 1 atom stereocenters. The molecule has 11 heteroatoms. The number of ether oxygens (including phenoxy) is 1. The highest BCUT2D eigenvalue weighted by atomic mass is 35.5. The molecule has 1 fully saturated rings. The third-order valence-corrected chi connectivity index (χ3v) is 7.21. The predicted molar refractivity (Wildman–Crippen MR) is 126 cm³/mol. The molecule has 1 aliphatic rings. The van der Waals surface area contributed by atoms with E-state index in [1.807, 2.05) is 0 Å². The molecule has 0 bridgehead atoms. The van der Waals surface area contributed by atoms with Crippen LogP contribution in [-0.2, 0) is 19.6 Å². The van der Waals surface area contributed by atoms with E-state index in [9.17, 15) is 18.0 Å². The molecule has 2 amide bonds. The van der Waals surface area contributed by atoms with Crippen LogP contribution in [0.15, 0.2) is 70.5 Å². The number of carbonyl (C=O) groups is 2. The second-order valence-electron chi connectivity index (χ2n) is 6.63. The maximum Gasteiger partial charge on any atom is 0.284 e. The van der Waals surface area contributed by atoms with Gasteiger partial charge in [0.1, 0.15) is 11.0 Å². The van der Waals surface area contributed by atoms with Crippen molar-refractivity contribution in [2.24, 2.45) is 4.40 Å². The predicted octanol–water partition coefficient (Wildman–Crippen LogP) is 3.55. The van der Waals surface area contributed by atoms with Crippen molar-refractivity contribution >= 4 is 56.1 Å². The summed E-state index contributed by atoms with van der Waals surface area (Å²) in [6.07, 6.45) is 1.31. The summed E-state index contributed by atoms with van der Waals surface area (Å²) in [7, 11) is -2.53. The standard InChI is InChI=1S/C21H20ClN3O5S2/c1-3-12-25-20(27)18(13-19(26)23-15-6-8-16(30-2)9-7-15)31-21(25)24-32(28,29)17-10-4-14(22)5-11-17/h3-11,18H,1,12-13H2,2H3,(H,23,26). The van der Waals surface area contributed by atoms with E-state index in [-0.39, 0.29) is 28.9 Å². The minimum Gasteiger partial charge on any atom is -0.497 e. The summed E-state index contributed by atoms with van der Waals surface area (Å²) in [5, 5.41) is 2.28. The third kappa shape index (κ3) is 5.70. The minimum atomic E-state index is -4.07. The molecule has 0 aromatic heterocycles. The van der Waals surface area contributed by atoms with E-state index in [4.69, 9.17) is 16.3 Å². The first kappa shape index (κ1) is 23.8. The fourth-order valence-electron chi connectivity index (χ4n) is 2.82. The molecule has 2 aromatic carbocycles. The molecule has 1 heterocycles. The van der Waals surface area contributed by atoms with Gasteiger partial charge in [0.25, 0.3) is 10.0 Å². The first-order valence-electron chi connectivity index (χ1n) is 9.37. The summed E-state index contributed by atoms with van der Waals surface area (Å²) in [4.78, 5) is 26.4. The molecule has 8 nitrogen and oxygen atoms in total. The smallest absolute Gasteiger partial charge is 0.284 e. The first-order chi connectivity index (χ1) is 15.2. The molecule has 2 aromatic rings. The van der Waals surface area contributed by atoms with Crippen LogP contribution < -0.4 is 10.1 Å². The van der Waals surface area contributed by atoms with E-state index in [2.05, 4.69) is 16.3 Å². The van der Waals surface area contributed by atoms with E-state index in [1.54, 1.807) is 24.3 Å². The normalized spacial score (nSPS) is 17.4. The van der Waals surface area contributed by atoms with E-state index in [0.717, 1.165) is 11.8 Å². The number of carbonyl (C=O) groups excluding carboxylic acids is 2. The number of sulfonamides is 1. The molecular weight excluding hydrogens is 474 g/mol. The zero-order valence-corrected chi connectivity index (χ0v) is 19.4.